The topological polar surface area (TPSA) is 86.8 Å². The molecule has 2 aromatic heterocycles. The predicted molar refractivity (Wildman–Crippen MR) is 210 cm³/mol. The highest BCUT2D eigenvalue weighted by molar-refractivity contribution is 7.22. The Labute approximate surface area is 302 Å². The first-order valence-corrected chi connectivity index (χ1v) is 18.5. The van der Waals surface area contributed by atoms with E-state index in [2.05, 4.69) is 88.1 Å². The summed E-state index contributed by atoms with van der Waals surface area (Å²) in [4.78, 5) is 9.21. The van der Waals surface area contributed by atoms with E-state index in [1.54, 1.807) is 22.7 Å². The second-order valence-corrected chi connectivity index (χ2v) is 16.7. The average molecular weight is 705 g/mol. The van der Waals surface area contributed by atoms with Crippen LogP contribution in [-0.4, -0.2) is 46.6 Å². The molecule has 12 heteroatoms. The molecule has 0 amide bonds. The van der Waals surface area contributed by atoms with E-state index in [0.717, 1.165) is 43.6 Å². The molecule has 0 atom stereocenters. The van der Waals surface area contributed by atoms with Crippen molar-refractivity contribution >= 4 is 89.9 Å². The molecule has 50 heavy (non-hydrogen) atoms. The Bertz CT molecular complexity index is 1860. The first kappa shape index (κ1) is 34.7. The fourth-order valence-electron chi connectivity index (χ4n) is 5.50. The molecular formula is C38H42B2N4O4S2. The van der Waals surface area contributed by atoms with Crippen LogP contribution >= 0.6 is 22.7 Å². The van der Waals surface area contributed by atoms with E-state index in [0.29, 0.717) is 0 Å². The first-order valence-electron chi connectivity index (χ1n) is 16.8. The van der Waals surface area contributed by atoms with Gasteiger partial charge in [-0.2, -0.15) is 0 Å². The molecule has 0 bridgehead atoms. The number of fused-ring (bicyclic) bond motifs is 2. The highest BCUT2D eigenvalue weighted by Crippen LogP contribution is 2.38. The monoisotopic (exact) mass is 704 g/mol. The summed E-state index contributed by atoms with van der Waals surface area (Å²) in [6.07, 6.45) is 0. The van der Waals surface area contributed by atoms with Crippen LogP contribution in [0.3, 0.4) is 0 Å². The van der Waals surface area contributed by atoms with Crippen molar-refractivity contribution < 1.29 is 18.6 Å². The van der Waals surface area contributed by atoms with Crippen molar-refractivity contribution in [1.29, 1.82) is 0 Å². The Morgan fingerprint density at radius 3 is 1.10 bits per heavy atom. The molecule has 0 saturated carbocycles. The van der Waals surface area contributed by atoms with Crippen molar-refractivity contribution in [3.8, 4) is 0 Å². The lowest BCUT2D eigenvalue weighted by Gasteiger charge is -2.32. The number of nitrogens with one attached hydrogen (secondary N) is 2. The third kappa shape index (κ3) is 7.06. The molecule has 2 fully saturated rings. The molecule has 2 aliphatic heterocycles. The Morgan fingerprint density at radius 1 is 0.460 bits per heavy atom. The Hall–Kier alpha value is -3.77. The maximum atomic E-state index is 6.10. The summed E-state index contributed by atoms with van der Waals surface area (Å²) >= 11 is 3.30. The number of hydrogen-bond donors (Lipinski definition) is 2. The second-order valence-electron chi connectivity index (χ2n) is 14.6. The van der Waals surface area contributed by atoms with Gasteiger partial charge in [-0.3, -0.25) is 0 Å². The molecule has 0 radical (unpaired) electrons. The molecule has 0 spiro atoms. The summed E-state index contributed by atoms with van der Waals surface area (Å²) < 4.78 is 26.7. The average Bonchev–Trinajstić information content (AvgIpc) is 3.78. The van der Waals surface area contributed by atoms with Crippen LogP contribution in [0.15, 0.2) is 97.1 Å². The van der Waals surface area contributed by atoms with Gasteiger partial charge in [-0.1, -0.05) is 71.2 Å². The van der Waals surface area contributed by atoms with Crippen LogP contribution in [0.2, 0.25) is 0 Å². The molecule has 256 valence electrons. The van der Waals surface area contributed by atoms with Gasteiger partial charge in [0.1, 0.15) is 0 Å². The standard InChI is InChI=1S/2C19H21BN2O2S/c2*1-18(2)19(3,4)24-20(23-18)13-9-11-14(12-10-13)21-17-22-15-7-5-6-8-16(15)25-17/h2*5-12H,1-4H3,(H,21,22). The van der Waals surface area contributed by atoms with Gasteiger partial charge < -0.3 is 29.3 Å². The van der Waals surface area contributed by atoms with Crippen LogP contribution in [0, 0.1) is 0 Å². The van der Waals surface area contributed by atoms with E-state index in [4.69, 9.17) is 18.6 Å². The number of para-hydroxylation sites is 2. The summed E-state index contributed by atoms with van der Waals surface area (Å²) in [6.45, 7) is 16.5. The van der Waals surface area contributed by atoms with Gasteiger partial charge in [0.05, 0.1) is 42.8 Å². The smallest absolute Gasteiger partial charge is 0.399 e. The minimum atomic E-state index is -0.332. The summed E-state index contributed by atoms with van der Waals surface area (Å²) in [6, 6.07) is 32.6. The van der Waals surface area contributed by atoms with Crippen LogP contribution in [0.5, 0.6) is 0 Å². The van der Waals surface area contributed by atoms with Crippen molar-refractivity contribution in [2.24, 2.45) is 0 Å². The van der Waals surface area contributed by atoms with Gasteiger partial charge in [-0.05, 0) is 115 Å². The molecule has 4 aromatic carbocycles. The summed E-state index contributed by atoms with van der Waals surface area (Å²) in [7, 11) is -0.664. The lowest BCUT2D eigenvalue weighted by atomic mass is 9.79. The molecule has 4 heterocycles. The largest absolute Gasteiger partial charge is 0.494 e. The zero-order chi connectivity index (χ0) is 35.3. The third-order valence-electron chi connectivity index (χ3n) is 9.96. The van der Waals surface area contributed by atoms with Crippen LogP contribution in [-0.2, 0) is 18.6 Å². The number of anilines is 4. The van der Waals surface area contributed by atoms with Gasteiger partial charge in [0.25, 0.3) is 0 Å². The maximum absolute atomic E-state index is 6.10. The van der Waals surface area contributed by atoms with Crippen molar-refractivity contribution in [1.82, 2.24) is 9.97 Å². The quantitative estimate of drug-likeness (QED) is 0.167. The van der Waals surface area contributed by atoms with Gasteiger partial charge in [-0.15, -0.1) is 0 Å². The molecule has 2 saturated heterocycles. The lowest BCUT2D eigenvalue weighted by Crippen LogP contribution is -2.41. The first-order chi connectivity index (χ1) is 23.7. The molecule has 8 nitrogen and oxygen atoms in total. The predicted octanol–water partition coefficient (Wildman–Crippen LogP) is 8.68. The van der Waals surface area contributed by atoms with E-state index in [-0.39, 0.29) is 36.6 Å². The number of hydrogen-bond acceptors (Lipinski definition) is 10. The third-order valence-corrected chi connectivity index (χ3v) is 11.9. The van der Waals surface area contributed by atoms with E-state index in [9.17, 15) is 0 Å². The number of nitrogens with zero attached hydrogens (tertiary/aromatic N) is 2. The van der Waals surface area contributed by atoms with Crippen molar-refractivity contribution in [2.45, 2.75) is 77.8 Å². The minimum Gasteiger partial charge on any atom is -0.399 e. The fraction of sp³-hybridized carbons (Fsp3) is 0.316. The van der Waals surface area contributed by atoms with Gasteiger partial charge >= 0.3 is 14.2 Å². The number of benzene rings is 4. The van der Waals surface area contributed by atoms with Crippen LogP contribution < -0.4 is 21.6 Å². The SMILES string of the molecule is CC1(C)OB(c2ccc(Nc3nc4ccccc4s3)cc2)OC1(C)C.CC1(C)OB(c2ccc(Nc3nc4ccccc4s3)cc2)OC1(C)C. The van der Waals surface area contributed by atoms with Gasteiger partial charge in [0, 0.05) is 11.4 Å². The van der Waals surface area contributed by atoms with Crippen molar-refractivity contribution in [3.63, 3.8) is 0 Å². The van der Waals surface area contributed by atoms with Gasteiger partial charge in [-0.25, -0.2) is 9.97 Å². The van der Waals surface area contributed by atoms with Crippen molar-refractivity contribution in [3.05, 3.63) is 97.1 Å². The molecule has 6 aromatic rings. The Kier molecular flexibility index (Phi) is 9.07. The summed E-state index contributed by atoms with van der Waals surface area (Å²) in [5.74, 6) is 0. The molecule has 2 aliphatic rings. The zero-order valence-corrected chi connectivity index (χ0v) is 31.4. The molecular weight excluding hydrogens is 662 g/mol. The number of thiazole rings is 2. The molecule has 0 unspecified atom stereocenters. The van der Waals surface area contributed by atoms with Gasteiger partial charge in [0.15, 0.2) is 10.3 Å². The maximum Gasteiger partial charge on any atom is 0.494 e. The second kappa shape index (κ2) is 13.1. The Balaban J connectivity index is 0.000000157. The fourth-order valence-corrected chi connectivity index (χ4v) is 7.28. The highest BCUT2D eigenvalue weighted by atomic mass is 32.1. The van der Waals surface area contributed by atoms with Crippen LogP contribution in [0.25, 0.3) is 20.4 Å². The summed E-state index contributed by atoms with van der Waals surface area (Å²) in [5, 5.41) is 8.53. The molecule has 8 rings (SSSR count). The van der Waals surface area contributed by atoms with Crippen molar-refractivity contribution in [2.75, 3.05) is 10.6 Å². The van der Waals surface area contributed by atoms with E-state index in [1.165, 1.54) is 9.40 Å². The van der Waals surface area contributed by atoms with E-state index < -0.39 is 0 Å². The number of rotatable bonds is 6. The van der Waals surface area contributed by atoms with Crippen LogP contribution in [0.1, 0.15) is 55.4 Å². The normalized spacial score (nSPS) is 18.6. The zero-order valence-electron chi connectivity index (χ0n) is 29.7. The lowest BCUT2D eigenvalue weighted by molar-refractivity contribution is 0.00578. The summed E-state index contributed by atoms with van der Waals surface area (Å²) in [5.41, 5.74) is 4.78. The highest BCUT2D eigenvalue weighted by Gasteiger charge is 2.52. The minimum absolute atomic E-state index is 0.324. The van der Waals surface area contributed by atoms with E-state index >= 15 is 0 Å². The molecule has 2 N–H and O–H groups in total. The van der Waals surface area contributed by atoms with Crippen LogP contribution in [0.4, 0.5) is 21.6 Å². The number of aromatic nitrogens is 2. The molecule has 0 aliphatic carbocycles. The van der Waals surface area contributed by atoms with Gasteiger partial charge in [0.2, 0.25) is 0 Å². The Morgan fingerprint density at radius 2 is 0.780 bits per heavy atom. The van der Waals surface area contributed by atoms with E-state index in [1.807, 2.05) is 84.9 Å².